The van der Waals surface area contributed by atoms with Gasteiger partial charge in [0.15, 0.2) is 0 Å². The largest absolute Gasteiger partial charge is 0.291 e. The fraction of sp³-hybridized carbons (Fsp3) is 0.118. The summed E-state index contributed by atoms with van der Waals surface area (Å²) in [5.74, 6) is 0.239. The van der Waals surface area contributed by atoms with Gasteiger partial charge in [-0.25, -0.2) is 0 Å². The normalized spacial score (nSPS) is 11.5. The van der Waals surface area contributed by atoms with Gasteiger partial charge in [-0.15, -0.1) is 0 Å². The van der Waals surface area contributed by atoms with Crippen molar-refractivity contribution >= 4 is 21.8 Å². The van der Waals surface area contributed by atoms with Crippen molar-refractivity contribution in [1.82, 2.24) is 14.9 Å². The molecule has 3 heteroatoms. The van der Waals surface area contributed by atoms with Gasteiger partial charge in [-0.1, -0.05) is 109 Å². The molecule has 2 aromatic heterocycles. The van der Waals surface area contributed by atoms with E-state index in [1.807, 2.05) is 0 Å². The average Bonchev–Trinajstić information content (AvgIpc) is 2.96. The van der Waals surface area contributed by atoms with Crippen molar-refractivity contribution < 1.29 is 0 Å². The molecule has 2 heterocycles. The topological polar surface area (TPSA) is 29.0 Å². The van der Waals surface area contributed by atoms with Crippen LogP contribution >= 0.6 is 0 Å². The molecule has 3 nitrogen and oxygen atoms in total. The maximum absolute atomic E-state index is 5.00. The number of hydrogen-bond donors (Lipinski definition) is 0. The molecule has 0 saturated carbocycles. The first kappa shape index (κ1) is 23.1. The zero-order chi connectivity index (χ0) is 24.9. The minimum absolute atomic E-state index is 0.239. The molecule has 0 aliphatic heterocycles. The Labute approximate surface area is 218 Å². The molecule has 0 fully saturated rings. The van der Waals surface area contributed by atoms with Gasteiger partial charge in [0.25, 0.3) is 0 Å². The molecule has 0 spiro atoms. The van der Waals surface area contributed by atoms with Crippen molar-refractivity contribution in [1.29, 1.82) is 0 Å². The Hall–Kier alpha value is -4.34. The van der Waals surface area contributed by atoms with Crippen molar-refractivity contribution in [3.63, 3.8) is 0 Å². The molecular formula is C34H29N3. The lowest BCUT2D eigenvalue weighted by atomic mass is 9.90. The van der Waals surface area contributed by atoms with E-state index in [0.717, 1.165) is 42.1 Å². The Kier molecular flexibility index (Phi) is 6.70. The fourth-order valence-electron chi connectivity index (χ4n) is 5.07. The summed E-state index contributed by atoms with van der Waals surface area (Å²) in [5, 5.41) is 2.33. The van der Waals surface area contributed by atoms with E-state index in [4.69, 9.17) is 9.97 Å². The lowest BCUT2D eigenvalue weighted by molar-refractivity contribution is 0.243. The SMILES string of the molecule is c1ccc(C(CN(Cc2ccc3ccccc3n2)Cc2ccc3ccccc3n2)c2ccccc2)cc1. The first-order valence-corrected chi connectivity index (χ1v) is 12.8. The van der Waals surface area contributed by atoms with Gasteiger partial charge in [0.2, 0.25) is 0 Å². The van der Waals surface area contributed by atoms with Crippen LogP contribution in [0.1, 0.15) is 28.4 Å². The number of pyridine rings is 2. The van der Waals surface area contributed by atoms with Crippen LogP contribution in [0.25, 0.3) is 21.8 Å². The molecule has 0 amide bonds. The number of hydrogen-bond acceptors (Lipinski definition) is 3. The second-order valence-electron chi connectivity index (χ2n) is 9.53. The van der Waals surface area contributed by atoms with E-state index in [-0.39, 0.29) is 5.92 Å². The third-order valence-electron chi connectivity index (χ3n) is 6.93. The van der Waals surface area contributed by atoms with Crippen molar-refractivity contribution in [3.05, 3.63) is 156 Å². The van der Waals surface area contributed by atoms with Crippen LogP contribution < -0.4 is 0 Å². The average molecular weight is 480 g/mol. The Morgan fingerprint density at radius 2 is 0.892 bits per heavy atom. The van der Waals surface area contributed by atoms with Crippen LogP contribution in [0, 0.1) is 0 Å². The van der Waals surface area contributed by atoms with Crippen LogP contribution in [0.5, 0.6) is 0 Å². The van der Waals surface area contributed by atoms with Crippen molar-refractivity contribution in [2.45, 2.75) is 19.0 Å². The maximum atomic E-state index is 5.00. The third-order valence-corrected chi connectivity index (χ3v) is 6.93. The van der Waals surface area contributed by atoms with Gasteiger partial charge in [-0.2, -0.15) is 0 Å². The predicted octanol–water partition coefficient (Wildman–Crippen LogP) is 7.62. The molecule has 0 aliphatic rings. The first-order chi connectivity index (χ1) is 18.3. The van der Waals surface area contributed by atoms with Crippen LogP contribution in [-0.2, 0) is 13.1 Å². The summed E-state index contributed by atoms with van der Waals surface area (Å²) >= 11 is 0. The van der Waals surface area contributed by atoms with Crippen molar-refractivity contribution in [2.75, 3.05) is 6.54 Å². The predicted molar refractivity (Wildman–Crippen MR) is 152 cm³/mol. The minimum Gasteiger partial charge on any atom is -0.291 e. The van der Waals surface area contributed by atoms with Gasteiger partial charge < -0.3 is 0 Å². The molecular weight excluding hydrogens is 450 g/mol. The molecule has 6 aromatic rings. The number of nitrogens with zero attached hydrogens (tertiary/aromatic N) is 3. The Morgan fingerprint density at radius 1 is 0.459 bits per heavy atom. The maximum Gasteiger partial charge on any atom is 0.0705 e. The fourth-order valence-corrected chi connectivity index (χ4v) is 5.07. The van der Waals surface area contributed by atoms with Gasteiger partial charge in [0.1, 0.15) is 0 Å². The molecule has 0 bridgehead atoms. The highest BCUT2D eigenvalue weighted by molar-refractivity contribution is 5.79. The van der Waals surface area contributed by atoms with Crippen molar-refractivity contribution in [3.8, 4) is 0 Å². The van der Waals surface area contributed by atoms with E-state index in [0.29, 0.717) is 0 Å². The van der Waals surface area contributed by atoms with E-state index in [9.17, 15) is 0 Å². The highest BCUT2D eigenvalue weighted by Gasteiger charge is 2.20. The van der Waals surface area contributed by atoms with E-state index in [1.165, 1.54) is 21.9 Å². The lowest BCUT2D eigenvalue weighted by Gasteiger charge is -2.28. The summed E-state index contributed by atoms with van der Waals surface area (Å²) in [6, 6.07) is 46.9. The molecule has 180 valence electrons. The summed E-state index contributed by atoms with van der Waals surface area (Å²) in [6.07, 6.45) is 0. The molecule has 0 saturated heterocycles. The highest BCUT2D eigenvalue weighted by Crippen LogP contribution is 2.27. The smallest absolute Gasteiger partial charge is 0.0705 e. The minimum atomic E-state index is 0.239. The second kappa shape index (κ2) is 10.7. The molecule has 6 rings (SSSR count). The van der Waals surface area contributed by atoms with Gasteiger partial charge in [-0.05, 0) is 35.4 Å². The van der Waals surface area contributed by atoms with E-state index in [2.05, 4.69) is 138 Å². The number of aromatic nitrogens is 2. The summed E-state index contributed by atoms with van der Waals surface area (Å²) in [4.78, 5) is 12.5. The van der Waals surface area contributed by atoms with E-state index in [1.54, 1.807) is 0 Å². The zero-order valence-corrected chi connectivity index (χ0v) is 20.7. The Bertz CT molecular complexity index is 1490. The summed E-state index contributed by atoms with van der Waals surface area (Å²) in [7, 11) is 0. The van der Waals surface area contributed by atoms with Gasteiger partial charge in [0, 0.05) is 36.3 Å². The molecule has 37 heavy (non-hydrogen) atoms. The molecule has 0 unspecified atom stereocenters. The molecule has 4 aromatic carbocycles. The Balaban J connectivity index is 1.36. The second-order valence-corrected chi connectivity index (χ2v) is 9.53. The number of para-hydroxylation sites is 2. The summed E-state index contributed by atoms with van der Waals surface area (Å²) < 4.78 is 0. The molecule has 0 radical (unpaired) electrons. The quantitative estimate of drug-likeness (QED) is 0.225. The number of rotatable bonds is 8. The lowest BCUT2D eigenvalue weighted by Crippen LogP contribution is -2.29. The zero-order valence-electron chi connectivity index (χ0n) is 20.7. The van der Waals surface area contributed by atoms with Gasteiger partial charge in [0.05, 0.1) is 22.4 Å². The number of benzene rings is 4. The molecule has 0 atom stereocenters. The van der Waals surface area contributed by atoms with Gasteiger partial charge in [-0.3, -0.25) is 14.9 Å². The van der Waals surface area contributed by atoms with Crippen LogP contribution in [-0.4, -0.2) is 21.4 Å². The summed E-state index contributed by atoms with van der Waals surface area (Å²) in [5.41, 5.74) is 6.84. The first-order valence-electron chi connectivity index (χ1n) is 12.8. The molecule has 0 aliphatic carbocycles. The standard InChI is InChI=1S/C34H29N3/c1-3-11-26(12-4-1)32(27-13-5-2-6-14-27)25-37(23-30-21-19-28-15-7-9-17-33(28)35-30)24-31-22-20-29-16-8-10-18-34(29)36-31/h1-22,32H,23-25H2. The van der Waals surface area contributed by atoms with Crippen LogP contribution in [0.3, 0.4) is 0 Å². The summed E-state index contributed by atoms with van der Waals surface area (Å²) in [6.45, 7) is 2.35. The highest BCUT2D eigenvalue weighted by atomic mass is 15.1. The number of fused-ring (bicyclic) bond motifs is 2. The van der Waals surface area contributed by atoms with E-state index < -0.39 is 0 Å². The monoisotopic (exact) mass is 479 g/mol. The third kappa shape index (κ3) is 5.42. The van der Waals surface area contributed by atoms with Crippen LogP contribution in [0.4, 0.5) is 0 Å². The van der Waals surface area contributed by atoms with E-state index >= 15 is 0 Å². The van der Waals surface area contributed by atoms with Crippen molar-refractivity contribution in [2.24, 2.45) is 0 Å². The van der Waals surface area contributed by atoms with Gasteiger partial charge >= 0.3 is 0 Å². The Morgan fingerprint density at radius 3 is 1.38 bits per heavy atom. The van der Waals surface area contributed by atoms with Crippen LogP contribution in [0.15, 0.2) is 133 Å². The van der Waals surface area contributed by atoms with Crippen LogP contribution in [0.2, 0.25) is 0 Å². The molecule has 0 N–H and O–H groups in total.